The maximum Gasteiger partial charge on any atom is 0.125 e. The van der Waals surface area contributed by atoms with E-state index in [0.717, 1.165) is 29.7 Å². The summed E-state index contributed by atoms with van der Waals surface area (Å²) in [5, 5.41) is 19.5. The molecular weight excluding hydrogens is 252 g/mol. The van der Waals surface area contributed by atoms with Gasteiger partial charge in [-0.3, -0.25) is 0 Å². The molecular formula is C17H28O3. The van der Waals surface area contributed by atoms with Crippen LogP contribution in [0.4, 0.5) is 0 Å². The van der Waals surface area contributed by atoms with Gasteiger partial charge in [-0.1, -0.05) is 31.5 Å². The molecule has 0 aliphatic rings. The minimum absolute atomic E-state index is 0.556. The zero-order valence-corrected chi connectivity index (χ0v) is 13.1. The minimum Gasteiger partial charge on any atom is -0.493 e. The molecule has 0 fully saturated rings. The number of aliphatic hydroxyl groups is 2. The molecule has 2 atom stereocenters. The number of hydrogen-bond donors (Lipinski definition) is 2. The Kier molecular flexibility index (Phi) is 7.03. The smallest absolute Gasteiger partial charge is 0.125 e. The molecule has 0 radical (unpaired) electrons. The van der Waals surface area contributed by atoms with Crippen LogP contribution in [0.2, 0.25) is 0 Å². The van der Waals surface area contributed by atoms with Crippen molar-refractivity contribution in [2.75, 3.05) is 6.61 Å². The second-order valence-corrected chi connectivity index (χ2v) is 5.50. The molecule has 1 aromatic rings. The first-order valence-corrected chi connectivity index (χ1v) is 7.58. The summed E-state index contributed by atoms with van der Waals surface area (Å²) < 4.78 is 5.85. The van der Waals surface area contributed by atoms with Gasteiger partial charge in [0.05, 0.1) is 18.8 Å². The summed E-state index contributed by atoms with van der Waals surface area (Å²) in [6, 6.07) is 4.23. The SMILES string of the molecule is CCCOc1c(C)cc(C)cc1CCC(O)C(O)CC. The van der Waals surface area contributed by atoms with Crippen LogP contribution in [-0.2, 0) is 6.42 Å². The molecule has 1 rings (SSSR count). The summed E-state index contributed by atoms with van der Waals surface area (Å²) in [5.41, 5.74) is 3.46. The van der Waals surface area contributed by atoms with Crippen LogP contribution in [0.1, 0.15) is 49.8 Å². The molecule has 1 aromatic carbocycles. The van der Waals surface area contributed by atoms with E-state index >= 15 is 0 Å². The van der Waals surface area contributed by atoms with E-state index in [-0.39, 0.29) is 0 Å². The number of benzene rings is 1. The first-order valence-electron chi connectivity index (χ1n) is 7.58. The van der Waals surface area contributed by atoms with E-state index in [0.29, 0.717) is 19.4 Å². The van der Waals surface area contributed by atoms with Crippen molar-refractivity contribution in [3.63, 3.8) is 0 Å². The van der Waals surface area contributed by atoms with E-state index in [1.54, 1.807) is 0 Å². The zero-order chi connectivity index (χ0) is 15.1. The molecule has 0 aliphatic carbocycles. The maximum absolute atomic E-state index is 9.89. The van der Waals surface area contributed by atoms with Gasteiger partial charge in [0.1, 0.15) is 5.75 Å². The predicted octanol–water partition coefficient (Wildman–Crippen LogP) is 3.16. The molecule has 0 aliphatic heterocycles. The van der Waals surface area contributed by atoms with Gasteiger partial charge < -0.3 is 14.9 Å². The molecule has 20 heavy (non-hydrogen) atoms. The monoisotopic (exact) mass is 280 g/mol. The predicted molar refractivity (Wildman–Crippen MR) is 82.3 cm³/mol. The molecule has 0 aromatic heterocycles. The van der Waals surface area contributed by atoms with Crippen LogP contribution >= 0.6 is 0 Å². The highest BCUT2D eigenvalue weighted by atomic mass is 16.5. The molecule has 0 amide bonds. The van der Waals surface area contributed by atoms with Crippen molar-refractivity contribution in [2.45, 2.75) is 65.6 Å². The third-order valence-corrected chi connectivity index (χ3v) is 3.52. The van der Waals surface area contributed by atoms with Crippen molar-refractivity contribution in [1.29, 1.82) is 0 Å². The lowest BCUT2D eigenvalue weighted by Crippen LogP contribution is -2.25. The lowest BCUT2D eigenvalue weighted by atomic mass is 9.98. The Hall–Kier alpha value is -1.06. The van der Waals surface area contributed by atoms with Crippen molar-refractivity contribution in [3.8, 4) is 5.75 Å². The molecule has 0 bridgehead atoms. The van der Waals surface area contributed by atoms with Gasteiger partial charge in [-0.25, -0.2) is 0 Å². The molecule has 0 heterocycles. The standard InChI is InChI=1S/C17H28O3/c1-5-9-20-17-13(4)10-12(3)11-14(17)7-8-16(19)15(18)6-2/h10-11,15-16,18-19H,5-9H2,1-4H3. The number of ether oxygens (including phenoxy) is 1. The summed E-state index contributed by atoms with van der Waals surface area (Å²) in [6.45, 7) is 8.79. The number of rotatable bonds is 8. The van der Waals surface area contributed by atoms with Gasteiger partial charge in [0, 0.05) is 0 Å². The second-order valence-electron chi connectivity index (χ2n) is 5.50. The van der Waals surface area contributed by atoms with Crippen LogP contribution in [0.25, 0.3) is 0 Å². The van der Waals surface area contributed by atoms with Crippen molar-refractivity contribution >= 4 is 0 Å². The lowest BCUT2D eigenvalue weighted by Gasteiger charge is -2.19. The Morgan fingerprint density at radius 3 is 2.40 bits per heavy atom. The Morgan fingerprint density at radius 2 is 1.80 bits per heavy atom. The van der Waals surface area contributed by atoms with Gasteiger partial charge in [-0.05, 0) is 50.7 Å². The molecule has 0 spiro atoms. The quantitative estimate of drug-likeness (QED) is 0.769. The fourth-order valence-corrected chi connectivity index (χ4v) is 2.41. The summed E-state index contributed by atoms with van der Waals surface area (Å²) in [7, 11) is 0. The highest BCUT2D eigenvalue weighted by Gasteiger charge is 2.16. The third-order valence-electron chi connectivity index (χ3n) is 3.52. The van der Waals surface area contributed by atoms with E-state index < -0.39 is 12.2 Å². The molecule has 2 N–H and O–H groups in total. The number of hydrogen-bond acceptors (Lipinski definition) is 3. The molecule has 0 saturated heterocycles. The average molecular weight is 280 g/mol. The fraction of sp³-hybridized carbons (Fsp3) is 0.647. The molecule has 114 valence electrons. The third kappa shape index (κ3) is 4.80. The van der Waals surface area contributed by atoms with Gasteiger partial charge >= 0.3 is 0 Å². The fourth-order valence-electron chi connectivity index (χ4n) is 2.41. The topological polar surface area (TPSA) is 49.7 Å². The summed E-state index contributed by atoms with van der Waals surface area (Å²) in [5.74, 6) is 0.940. The van der Waals surface area contributed by atoms with E-state index in [1.807, 2.05) is 6.92 Å². The largest absolute Gasteiger partial charge is 0.493 e. The zero-order valence-electron chi connectivity index (χ0n) is 13.1. The van der Waals surface area contributed by atoms with E-state index in [1.165, 1.54) is 5.56 Å². The van der Waals surface area contributed by atoms with E-state index in [4.69, 9.17) is 4.74 Å². The van der Waals surface area contributed by atoms with Crippen LogP contribution < -0.4 is 4.74 Å². The van der Waals surface area contributed by atoms with Crippen LogP contribution in [0.15, 0.2) is 12.1 Å². The van der Waals surface area contributed by atoms with E-state index in [9.17, 15) is 10.2 Å². The van der Waals surface area contributed by atoms with E-state index in [2.05, 4.69) is 32.9 Å². The normalized spacial score (nSPS) is 14.1. The Labute approximate surface area is 122 Å². The average Bonchev–Trinajstić information content (AvgIpc) is 2.42. The molecule has 3 nitrogen and oxygen atoms in total. The summed E-state index contributed by atoms with van der Waals surface area (Å²) in [6.07, 6.45) is 1.53. The summed E-state index contributed by atoms with van der Waals surface area (Å²) >= 11 is 0. The Bertz CT molecular complexity index is 415. The highest BCUT2D eigenvalue weighted by Crippen LogP contribution is 2.27. The van der Waals surface area contributed by atoms with Gasteiger partial charge in [-0.15, -0.1) is 0 Å². The molecule has 2 unspecified atom stereocenters. The van der Waals surface area contributed by atoms with Crippen LogP contribution in [0.3, 0.4) is 0 Å². The molecule has 0 saturated carbocycles. The first-order chi connectivity index (χ1) is 9.49. The van der Waals surface area contributed by atoms with Crippen molar-refractivity contribution in [1.82, 2.24) is 0 Å². The second kappa shape index (κ2) is 8.28. The maximum atomic E-state index is 9.89. The van der Waals surface area contributed by atoms with Gasteiger partial charge in [0.25, 0.3) is 0 Å². The van der Waals surface area contributed by atoms with Gasteiger partial charge in [0.15, 0.2) is 0 Å². The van der Waals surface area contributed by atoms with Crippen LogP contribution in [-0.4, -0.2) is 29.0 Å². The van der Waals surface area contributed by atoms with Gasteiger partial charge in [-0.2, -0.15) is 0 Å². The number of aliphatic hydroxyl groups excluding tert-OH is 2. The summed E-state index contributed by atoms with van der Waals surface area (Å²) in [4.78, 5) is 0. The van der Waals surface area contributed by atoms with Crippen molar-refractivity contribution < 1.29 is 14.9 Å². The number of aryl methyl sites for hydroxylation is 3. The lowest BCUT2D eigenvalue weighted by molar-refractivity contribution is 0.0129. The Morgan fingerprint density at radius 1 is 1.10 bits per heavy atom. The first kappa shape index (κ1) is 17.0. The van der Waals surface area contributed by atoms with Crippen LogP contribution in [0.5, 0.6) is 5.75 Å². The molecule has 3 heteroatoms. The van der Waals surface area contributed by atoms with Crippen molar-refractivity contribution in [2.24, 2.45) is 0 Å². The highest BCUT2D eigenvalue weighted by molar-refractivity contribution is 5.44. The van der Waals surface area contributed by atoms with Gasteiger partial charge in [0.2, 0.25) is 0 Å². The minimum atomic E-state index is -0.667. The van der Waals surface area contributed by atoms with Crippen molar-refractivity contribution in [3.05, 3.63) is 28.8 Å². The Balaban J connectivity index is 2.81. The van der Waals surface area contributed by atoms with Crippen LogP contribution in [0, 0.1) is 13.8 Å².